The first-order valence-corrected chi connectivity index (χ1v) is 15.7. The Kier molecular flexibility index (Phi) is 8.87. The number of methoxy groups -OCH3 is 1. The zero-order chi connectivity index (χ0) is 32.4. The summed E-state index contributed by atoms with van der Waals surface area (Å²) in [5, 5.41) is 16.0. The molecule has 46 heavy (non-hydrogen) atoms. The number of amides is 1. The number of carbonyl (C=O) groups is 1. The van der Waals surface area contributed by atoms with Crippen LogP contribution >= 0.6 is 0 Å². The number of fused-ring (bicyclic) bond motifs is 3. The lowest BCUT2D eigenvalue weighted by Crippen LogP contribution is -2.43. The standard InChI is InChI=1S/C34H40N10O2/c1-6-28-31-27(18-35)37-21-43(31)29-19-36-34(40-32(29)44(28)22(2)3)39-26-12-9-24(17-30(26)46-5)33(45)38-25-10-7-23(8-11-25)20-42-15-13-41(4)14-16-42/h7-12,17,19,21-22,28H,6,13-16,20H2,1-5H3,(H,38,45)(H,36,39,40)/t28-/m1/s1. The Hall–Kier alpha value is -4.99. The van der Waals surface area contributed by atoms with Crippen molar-refractivity contribution >= 4 is 29.0 Å². The van der Waals surface area contributed by atoms with Crippen molar-refractivity contribution < 1.29 is 9.53 Å². The van der Waals surface area contributed by atoms with E-state index >= 15 is 0 Å². The number of nitrogens with zero attached hydrogens (tertiary/aromatic N) is 8. The predicted molar refractivity (Wildman–Crippen MR) is 178 cm³/mol. The number of imidazole rings is 1. The third-order valence-corrected chi connectivity index (χ3v) is 8.68. The summed E-state index contributed by atoms with van der Waals surface area (Å²) in [6, 6.07) is 15.5. The number of hydrogen-bond donors (Lipinski definition) is 2. The van der Waals surface area contributed by atoms with Crippen molar-refractivity contribution in [1.29, 1.82) is 5.26 Å². The van der Waals surface area contributed by atoms with Crippen LogP contribution in [0.25, 0.3) is 5.69 Å². The van der Waals surface area contributed by atoms with E-state index in [1.165, 1.54) is 5.56 Å². The Balaban J connectivity index is 1.18. The maximum Gasteiger partial charge on any atom is 0.255 e. The summed E-state index contributed by atoms with van der Waals surface area (Å²) in [5.74, 6) is 1.39. The summed E-state index contributed by atoms with van der Waals surface area (Å²) in [7, 11) is 3.72. The number of nitriles is 1. The summed E-state index contributed by atoms with van der Waals surface area (Å²) in [4.78, 5) is 34.0. The zero-order valence-corrected chi connectivity index (χ0v) is 27.0. The molecule has 1 fully saturated rings. The molecule has 6 rings (SSSR count). The van der Waals surface area contributed by atoms with E-state index in [1.807, 2.05) is 16.7 Å². The molecule has 2 aromatic carbocycles. The van der Waals surface area contributed by atoms with E-state index in [9.17, 15) is 10.1 Å². The number of benzene rings is 2. The van der Waals surface area contributed by atoms with Gasteiger partial charge in [-0.2, -0.15) is 10.2 Å². The maximum atomic E-state index is 13.2. The lowest BCUT2D eigenvalue weighted by atomic mass is 10.0. The predicted octanol–water partition coefficient (Wildman–Crippen LogP) is 4.97. The SMILES string of the molecule is CC[C@@H]1c2c(C#N)ncn2-c2cnc(Nc3ccc(C(=O)Nc4ccc(CN5CCN(C)CC5)cc4)cc3OC)nc2N1C(C)C. The Bertz CT molecular complexity index is 1750. The maximum absolute atomic E-state index is 13.2. The number of likely N-dealkylation sites (N-methyl/N-ethyl adjacent to an activating group) is 1. The minimum atomic E-state index is -0.229. The lowest BCUT2D eigenvalue weighted by Gasteiger charge is -2.40. The fourth-order valence-electron chi connectivity index (χ4n) is 6.23. The molecule has 1 atom stereocenters. The van der Waals surface area contributed by atoms with E-state index in [-0.39, 0.29) is 18.0 Å². The van der Waals surface area contributed by atoms with Crippen LogP contribution in [0, 0.1) is 11.3 Å². The highest BCUT2D eigenvalue weighted by Crippen LogP contribution is 2.42. The van der Waals surface area contributed by atoms with Gasteiger partial charge >= 0.3 is 0 Å². The molecule has 4 aromatic rings. The summed E-state index contributed by atoms with van der Waals surface area (Å²) in [5.41, 5.74) is 5.08. The highest BCUT2D eigenvalue weighted by atomic mass is 16.5. The number of piperazine rings is 1. The van der Waals surface area contributed by atoms with Crippen LogP contribution in [0.5, 0.6) is 5.75 Å². The van der Waals surface area contributed by atoms with Crippen LogP contribution in [0.1, 0.15) is 60.5 Å². The van der Waals surface area contributed by atoms with Crippen LogP contribution in [0.4, 0.5) is 23.1 Å². The molecule has 0 aliphatic carbocycles. The van der Waals surface area contributed by atoms with E-state index < -0.39 is 0 Å². The molecule has 12 nitrogen and oxygen atoms in total. The van der Waals surface area contributed by atoms with Gasteiger partial charge in [0.15, 0.2) is 11.5 Å². The summed E-state index contributed by atoms with van der Waals surface area (Å²) >= 11 is 0. The minimum absolute atomic E-state index is 0.0621. The second kappa shape index (κ2) is 13.2. The second-order valence-electron chi connectivity index (χ2n) is 12.1. The molecule has 1 amide bonds. The Morgan fingerprint density at radius 1 is 1.11 bits per heavy atom. The van der Waals surface area contributed by atoms with Crippen molar-refractivity contribution in [2.24, 2.45) is 0 Å². The van der Waals surface area contributed by atoms with Gasteiger partial charge in [-0.25, -0.2) is 9.97 Å². The molecule has 238 valence electrons. The Morgan fingerprint density at radius 2 is 1.87 bits per heavy atom. The van der Waals surface area contributed by atoms with Crippen LogP contribution in [0.15, 0.2) is 55.0 Å². The van der Waals surface area contributed by atoms with Gasteiger partial charge in [0.05, 0.1) is 30.7 Å². The average molecular weight is 621 g/mol. The summed E-state index contributed by atoms with van der Waals surface area (Å²) in [6.45, 7) is 11.5. The van der Waals surface area contributed by atoms with Crippen LogP contribution < -0.4 is 20.3 Å². The minimum Gasteiger partial charge on any atom is -0.495 e. The zero-order valence-electron chi connectivity index (χ0n) is 27.0. The van der Waals surface area contributed by atoms with Crippen molar-refractivity contribution in [3.8, 4) is 17.5 Å². The van der Waals surface area contributed by atoms with Crippen molar-refractivity contribution in [1.82, 2.24) is 29.3 Å². The molecular formula is C34H40N10O2. The monoisotopic (exact) mass is 620 g/mol. The molecule has 0 saturated carbocycles. The largest absolute Gasteiger partial charge is 0.495 e. The van der Waals surface area contributed by atoms with Crippen molar-refractivity contribution in [2.45, 2.75) is 45.8 Å². The Morgan fingerprint density at radius 3 is 2.54 bits per heavy atom. The van der Waals surface area contributed by atoms with Crippen molar-refractivity contribution in [2.75, 3.05) is 55.9 Å². The van der Waals surface area contributed by atoms with E-state index in [2.05, 4.69) is 81.3 Å². The topological polar surface area (TPSA) is 127 Å². The smallest absolute Gasteiger partial charge is 0.255 e. The third kappa shape index (κ3) is 6.11. The first-order valence-electron chi connectivity index (χ1n) is 15.7. The van der Waals surface area contributed by atoms with Gasteiger partial charge in [0.1, 0.15) is 23.8 Å². The van der Waals surface area contributed by atoms with Gasteiger partial charge in [-0.05, 0) is 63.2 Å². The number of hydrogen-bond acceptors (Lipinski definition) is 10. The second-order valence-corrected chi connectivity index (χ2v) is 12.1. The van der Waals surface area contributed by atoms with E-state index in [0.717, 1.165) is 62.0 Å². The third-order valence-electron chi connectivity index (χ3n) is 8.68. The van der Waals surface area contributed by atoms with Crippen LogP contribution in [-0.2, 0) is 6.54 Å². The van der Waals surface area contributed by atoms with Gasteiger partial charge in [0.25, 0.3) is 5.91 Å². The van der Waals surface area contributed by atoms with E-state index in [1.54, 1.807) is 37.8 Å². The first-order chi connectivity index (χ1) is 22.3. The number of nitrogens with one attached hydrogen (secondary N) is 2. The quantitative estimate of drug-likeness (QED) is 0.265. The lowest BCUT2D eigenvalue weighted by molar-refractivity contribution is 0.102. The molecule has 0 bridgehead atoms. The van der Waals surface area contributed by atoms with Gasteiger partial charge in [0, 0.05) is 50.0 Å². The van der Waals surface area contributed by atoms with Crippen molar-refractivity contribution in [3.63, 3.8) is 0 Å². The molecule has 12 heteroatoms. The molecule has 2 aliphatic rings. The molecule has 0 unspecified atom stereocenters. The molecule has 0 radical (unpaired) electrons. The first kappa shape index (κ1) is 31.0. The van der Waals surface area contributed by atoms with Gasteiger partial charge in [-0.1, -0.05) is 19.1 Å². The highest BCUT2D eigenvalue weighted by molar-refractivity contribution is 6.05. The molecule has 2 aliphatic heterocycles. The van der Waals surface area contributed by atoms with E-state index in [4.69, 9.17) is 9.72 Å². The van der Waals surface area contributed by atoms with E-state index in [0.29, 0.717) is 28.6 Å². The number of anilines is 4. The summed E-state index contributed by atoms with van der Waals surface area (Å²) < 4.78 is 7.58. The molecule has 0 spiro atoms. The van der Waals surface area contributed by atoms with Gasteiger partial charge < -0.3 is 25.2 Å². The number of rotatable bonds is 9. The van der Waals surface area contributed by atoms with Gasteiger partial charge in [0.2, 0.25) is 5.95 Å². The molecule has 1 saturated heterocycles. The Labute approximate surface area is 269 Å². The van der Waals surface area contributed by atoms with Gasteiger partial charge in [-0.15, -0.1) is 0 Å². The normalized spacial score (nSPS) is 16.5. The van der Waals surface area contributed by atoms with Crippen LogP contribution in [-0.4, -0.2) is 81.6 Å². The summed E-state index contributed by atoms with van der Waals surface area (Å²) in [6.07, 6.45) is 4.19. The van der Waals surface area contributed by atoms with Crippen LogP contribution in [0.3, 0.4) is 0 Å². The molecular weight excluding hydrogens is 580 g/mol. The fourth-order valence-corrected chi connectivity index (χ4v) is 6.23. The average Bonchev–Trinajstić information content (AvgIpc) is 3.50. The molecule has 2 aromatic heterocycles. The molecule has 2 N–H and O–H groups in total. The number of aromatic nitrogens is 4. The van der Waals surface area contributed by atoms with Gasteiger partial charge in [-0.3, -0.25) is 14.3 Å². The number of carbonyl (C=O) groups excluding carboxylic acids is 1. The van der Waals surface area contributed by atoms with Crippen molar-refractivity contribution in [3.05, 3.63) is 77.5 Å². The highest BCUT2D eigenvalue weighted by Gasteiger charge is 2.36. The fraction of sp³-hybridized carbons (Fsp3) is 0.382. The van der Waals surface area contributed by atoms with Crippen LogP contribution in [0.2, 0.25) is 0 Å². The molecule has 4 heterocycles. The number of ether oxygens (including phenoxy) is 1.